The molecule has 0 unspecified atom stereocenters. The van der Waals surface area contributed by atoms with E-state index in [0.29, 0.717) is 31.9 Å². The van der Waals surface area contributed by atoms with Crippen LogP contribution in [0.1, 0.15) is 36.3 Å². The number of amides is 1. The van der Waals surface area contributed by atoms with E-state index in [-0.39, 0.29) is 5.91 Å². The summed E-state index contributed by atoms with van der Waals surface area (Å²) in [6.07, 6.45) is 4.02. The molecule has 5 nitrogen and oxygen atoms in total. The van der Waals surface area contributed by atoms with Gasteiger partial charge < -0.3 is 14.5 Å². The Balaban J connectivity index is 1.41. The first-order valence-electron chi connectivity index (χ1n) is 10.2. The van der Waals surface area contributed by atoms with Gasteiger partial charge in [0.2, 0.25) is 5.91 Å². The van der Waals surface area contributed by atoms with Crippen LogP contribution in [0.3, 0.4) is 0 Å². The summed E-state index contributed by atoms with van der Waals surface area (Å²) >= 11 is 3.54. The molecule has 0 spiro atoms. The van der Waals surface area contributed by atoms with Crippen LogP contribution in [-0.4, -0.2) is 24.1 Å². The number of carbonyl (C=O) groups is 1. The predicted octanol–water partition coefficient (Wildman–Crippen LogP) is 5.17. The summed E-state index contributed by atoms with van der Waals surface area (Å²) in [5.74, 6) is 1.29. The van der Waals surface area contributed by atoms with Crippen molar-refractivity contribution in [3.05, 3.63) is 76.2 Å². The molecule has 0 saturated carbocycles. The van der Waals surface area contributed by atoms with Crippen molar-refractivity contribution in [2.24, 2.45) is 0 Å². The summed E-state index contributed by atoms with van der Waals surface area (Å²) < 4.78 is 12.4. The van der Waals surface area contributed by atoms with Gasteiger partial charge in [0.1, 0.15) is 0 Å². The van der Waals surface area contributed by atoms with E-state index in [1.54, 1.807) is 6.20 Å². The average Bonchev–Trinajstić information content (AvgIpc) is 3.23. The molecule has 1 amide bonds. The SMILES string of the molecule is Cc1ccc(-c2cnc(CCC(=O)NC3(c4cccc(Br)c4)CCOCC3)o2)cc1. The van der Waals surface area contributed by atoms with Gasteiger partial charge >= 0.3 is 0 Å². The Bertz CT molecular complexity index is 1010. The first-order chi connectivity index (χ1) is 14.5. The lowest BCUT2D eigenvalue weighted by molar-refractivity contribution is -0.124. The molecule has 0 aliphatic carbocycles. The quantitative estimate of drug-likeness (QED) is 0.541. The smallest absolute Gasteiger partial charge is 0.221 e. The van der Waals surface area contributed by atoms with Crippen LogP contribution in [0, 0.1) is 6.92 Å². The molecule has 1 aliphatic rings. The van der Waals surface area contributed by atoms with E-state index in [2.05, 4.69) is 38.4 Å². The van der Waals surface area contributed by atoms with Gasteiger partial charge in [-0.15, -0.1) is 0 Å². The van der Waals surface area contributed by atoms with Gasteiger partial charge in [-0.1, -0.05) is 57.9 Å². The van der Waals surface area contributed by atoms with Crippen molar-refractivity contribution in [2.45, 2.75) is 38.1 Å². The maximum Gasteiger partial charge on any atom is 0.221 e. The number of rotatable bonds is 6. The van der Waals surface area contributed by atoms with Gasteiger partial charge in [0.05, 0.1) is 11.7 Å². The summed E-state index contributed by atoms with van der Waals surface area (Å²) in [5.41, 5.74) is 2.89. The third kappa shape index (κ3) is 4.82. The monoisotopic (exact) mass is 468 g/mol. The predicted molar refractivity (Wildman–Crippen MR) is 119 cm³/mol. The standard InChI is InChI=1S/C24H25BrN2O3/c1-17-5-7-18(8-6-17)21-16-26-23(30-21)10-9-22(28)27-24(11-13-29-14-12-24)19-3-2-4-20(25)15-19/h2-8,15-16H,9-14H2,1H3,(H,27,28). The van der Waals surface area contributed by atoms with Crippen LogP contribution in [0.5, 0.6) is 0 Å². The highest BCUT2D eigenvalue weighted by atomic mass is 79.9. The van der Waals surface area contributed by atoms with E-state index in [1.807, 2.05) is 43.3 Å². The topological polar surface area (TPSA) is 64.4 Å². The molecule has 4 rings (SSSR count). The second kappa shape index (κ2) is 9.14. The van der Waals surface area contributed by atoms with Gasteiger partial charge in [-0.3, -0.25) is 4.79 Å². The van der Waals surface area contributed by atoms with Crippen LogP contribution in [0.2, 0.25) is 0 Å². The number of nitrogens with zero attached hydrogens (tertiary/aromatic N) is 1. The lowest BCUT2D eigenvalue weighted by Gasteiger charge is -2.38. The first-order valence-corrected chi connectivity index (χ1v) is 11.0. The molecule has 3 aromatic rings. The van der Waals surface area contributed by atoms with Crippen LogP contribution in [0.25, 0.3) is 11.3 Å². The van der Waals surface area contributed by atoms with Gasteiger partial charge in [-0.25, -0.2) is 4.98 Å². The van der Waals surface area contributed by atoms with Crippen LogP contribution < -0.4 is 5.32 Å². The van der Waals surface area contributed by atoms with E-state index in [1.165, 1.54) is 5.56 Å². The molecule has 2 aromatic carbocycles. The van der Waals surface area contributed by atoms with Crippen molar-refractivity contribution in [2.75, 3.05) is 13.2 Å². The molecular weight excluding hydrogens is 444 g/mol. The van der Waals surface area contributed by atoms with E-state index >= 15 is 0 Å². The van der Waals surface area contributed by atoms with Crippen LogP contribution in [-0.2, 0) is 21.5 Å². The Hall–Kier alpha value is -2.44. The number of halogens is 1. The molecule has 30 heavy (non-hydrogen) atoms. The fourth-order valence-corrected chi connectivity index (χ4v) is 4.22. The van der Waals surface area contributed by atoms with E-state index < -0.39 is 5.54 Å². The van der Waals surface area contributed by atoms with Crippen molar-refractivity contribution >= 4 is 21.8 Å². The molecule has 2 heterocycles. The zero-order valence-electron chi connectivity index (χ0n) is 17.0. The van der Waals surface area contributed by atoms with Crippen molar-refractivity contribution < 1.29 is 13.9 Å². The highest BCUT2D eigenvalue weighted by molar-refractivity contribution is 9.10. The molecule has 1 saturated heterocycles. The highest BCUT2D eigenvalue weighted by Crippen LogP contribution is 2.33. The number of carbonyl (C=O) groups excluding carboxylic acids is 1. The Morgan fingerprint density at radius 2 is 1.93 bits per heavy atom. The van der Waals surface area contributed by atoms with Gasteiger partial charge in [-0.05, 0) is 37.5 Å². The molecule has 1 fully saturated rings. The van der Waals surface area contributed by atoms with Crippen molar-refractivity contribution in [1.82, 2.24) is 10.3 Å². The molecule has 156 valence electrons. The minimum absolute atomic E-state index is 0.00744. The molecule has 0 atom stereocenters. The number of oxazole rings is 1. The summed E-state index contributed by atoms with van der Waals surface area (Å²) in [6, 6.07) is 16.2. The van der Waals surface area contributed by atoms with Crippen LogP contribution in [0.15, 0.2) is 63.6 Å². The summed E-state index contributed by atoms with van der Waals surface area (Å²) in [4.78, 5) is 17.2. The first kappa shape index (κ1) is 20.8. The molecule has 1 N–H and O–H groups in total. The Morgan fingerprint density at radius 1 is 1.17 bits per heavy atom. The number of hydrogen-bond acceptors (Lipinski definition) is 4. The summed E-state index contributed by atoms with van der Waals surface area (Å²) in [6.45, 7) is 3.31. The fraction of sp³-hybridized carbons (Fsp3) is 0.333. The van der Waals surface area contributed by atoms with Crippen molar-refractivity contribution in [3.63, 3.8) is 0 Å². The summed E-state index contributed by atoms with van der Waals surface area (Å²) in [5, 5.41) is 3.28. The van der Waals surface area contributed by atoms with E-state index in [9.17, 15) is 4.79 Å². The molecule has 6 heteroatoms. The number of nitrogens with one attached hydrogen (secondary N) is 1. The summed E-state index contributed by atoms with van der Waals surface area (Å²) in [7, 11) is 0. The Kier molecular flexibility index (Phi) is 6.35. The van der Waals surface area contributed by atoms with Gasteiger partial charge in [0, 0.05) is 36.1 Å². The Labute approximate surface area is 185 Å². The average molecular weight is 469 g/mol. The van der Waals surface area contributed by atoms with Crippen molar-refractivity contribution in [3.8, 4) is 11.3 Å². The second-order valence-electron chi connectivity index (χ2n) is 7.74. The largest absolute Gasteiger partial charge is 0.441 e. The third-order valence-electron chi connectivity index (χ3n) is 5.56. The second-order valence-corrected chi connectivity index (χ2v) is 8.65. The number of aromatic nitrogens is 1. The van der Waals surface area contributed by atoms with Crippen LogP contribution in [0.4, 0.5) is 0 Å². The number of ether oxygens (including phenoxy) is 1. The molecular formula is C24H25BrN2O3. The van der Waals surface area contributed by atoms with Gasteiger partial charge in [-0.2, -0.15) is 0 Å². The minimum Gasteiger partial charge on any atom is -0.441 e. The van der Waals surface area contributed by atoms with Crippen LogP contribution >= 0.6 is 15.9 Å². The van der Waals surface area contributed by atoms with Crippen molar-refractivity contribution in [1.29, 1.82) is 0 Å². The molecule has 1 aromatic heterocycles. The van der Waals surface area contributed by atoms with Gasteiger partial charge in [0.15, 0.2) is 11.7 Å². The van der Waals surface area contributed by atoms with Gasteiger partial charge in [0.25, 0.3) is 0 Å². The number of hydrogen-bond donors (Lipinski definition) is 1. The fourth-order valence-electron chi connectivity index (χ4n) is 3.82. The molecule has 1 aliphatic heterocycles. The molecule has 0 bridgehead atoms. The zero-order chi connectivity index (χ0) is 21.0. The maximum atomic E-state index is 12.8. The minimum atomic E-state index is -0.400. The third-order valence-corrected chi connectivity index (χ3v) is 6.05. The van der Waals surface area contributed by atoms with E-state index in [0.717, 1.165) is 34.2 Å². The lowest BCUT2D eigenvalue weighted by Crippen LogP contribution is -2.49. The molecule has 0 radical (unpaired) electrons. The number of benzene rings is 2. The number of aryl methyl sites for hydroxylation is 2. The van der Waals surface area contributed by atoms with E-state index in [4.69, 9.17) is 9.15 Å². The normalized spacial score (nSPS) is 15.7. The highest BCUT2D eigenvalue weighted by Gasteiger charge is 2.36. The zero-order valence-corrected chi connectivity index (χ0v) is 18.6. The lowest BCUT2D eigenvalue weighted by atomic mass is 9.82. The Morgan fingerprint density at radius 3 is 2.67 bits per heavy atom. The maximum absolute atomic E-state index is 12.8.